The second-order valence-corrected chi connectivity index (χ2v) is 6.54. The van der Waals surface area contributed by atoms with Crippen LogP contribution in [0.4, 0.5) is 0 Å². The maximum absolute atomic E-state index is 13.2. The Morgan fingerprint density at radius 1 is 1.00 bits per heavy atom. The van der Waals surface area contributed by atoms with Crippen molar-refractivity contribution in [3.05, 3.63) is 83.3 Å². The number of H-pyrrole nitrogens is 1. The molecule has 0 atom stereocenters. The number of amides is 2. The fraction of sp³-hybridized carbons (Fsp3) is 0.143. The van der Waals surface area contributed by atoms with Crippen LogP contribution < -0.4 is 5.32 Å². The van der Waals surface area contributed by atoms with Crippen LogP contribution in [-0.2, 0) is 13.1 Å². The van der Waals surface area contributed by atoms with Gasteiger partial charge in [-0.25, -0.2) is 0 Å². The molecule has 0 saturated heterocycles. The van der Waals surface area contributed by atoms with Crippen LogP contribution in [0.1, 0.15) is 32.0 Å². The Hall–Kier alpha value is -3.94. The molecule has 0 bridgehead atoms. The van der Waals surface area contributed by atoms with Crippen molar-refractivity contribution in [1.29, 1.82) is 0 Å². The maximum atomic E-state index is 13.2. The number of nitrogens with zero attached hydrogens (tertiary/aromatic N) is 3. The van der Waals surface area contributed by atoms with E-state index < -0.39 is 0 Å². The predicted molar refractivity (Wildman–Crippen MR) is 106 cm³/mol. The number of carbonyl (C=O) groups excluding carboxylic acids is 2. The Bertz CT molecular complexity index is 1130. The summed E-state index contributed by atoms with van der Waals surface area (Å²) in [6, 6.07) is 16.0. The largest absolute Gasteiger partial charge is 0.467 e. The van der Waals surface area contributed by atoms with Gasteiger partial charge >= 0.3 is 0 Å². The van der Waals surface area contributed by atoms with Gasteiger partial charge in [-0.1, -0.05) is 12.1 Å². The summed E-state index contributed by atoms with van der Waals surface area (Å²) in [5.74, 6) is 0.380. The molecule has 2 aromatic carbocycles. The van der Waals surface area contributed by atoms with Gasteiger partial charge in [0.2, 0.25) is 0 Å². The van der Waals surface area contributed by atoms with Crippen LogP contribution in [0.15, 0.2) is 65.3 Å². The zero-order valence-electron chi connectivity index (χ0n) is 15.8. The zero-order chi connectivity index (χ0) is 20.2. The molecule has 0 spiro atoms. The van der Waals surface area contributed by atoms with Crippen molar-refractivity contribution in [1.82, 2.24) is 25.6 Å². The molecular weight excluding hydrogens is 370 g/mol. The molecule has 0 aliphatic heterocycles. The molecule has 0 aliphatic rings. The highest BCUT2D eigenvalue weighted by Crippen LogP contribution is 2.18. The lowest BCUT2D eigenvalue weighted by Crippen LogP contribution is -2.30. The summed E-state index contributed by atoms with van der Waals surface area (Å²) in [5.41, 5.74) is 3.31. The zero-order valence-corrected chi connectivity index (χ0v) is 15.8. The quantitative estimate of drug-likeness (QED) is 0.528. The number of aromatic nitrogens is 3. The van der Waals surface area contributed by atoms with Gasteiger partial charge in [0.25, 0.3) is 11.8 Å². The average molecular weight is 389 g/mol. The minimum absolute atomic E-state index is 0.151. The van der Waals surface area contributed by atoms with E-state index in [2.05, 4.69) is 20.7 Å². The van der Waals surface area contributed by atoms with Crippen LogP contribution in [-0.4, -0.2) is 39.2 Å². The summed E-state index contributed by atoms with van der Waals surface area (Å²) in [5, 5.41) is 13.2. The van der Waals surface area contributed by atoms with Crippen molar-refractivity contribution in [3.63, 3.8) is 0 Å². The molecule has 0 radical (unpaired) electrons. The predicted octanol–water partition coefficient (Wildman–Crippen LogP) is 2.75. The second kappa shape index (κ2) is 7.97. The van der Waals surface area contributed by atoms with E-state index in [1.165, 1.54) is 0 Å². The molecule has 0 aliphatic carbocycles. The molecule has 2 amide bonds. The van der Waals surface area contributed by atoms with Crippen molar-refractivity contribution in [2.24, 2.45) is 0 Å². The molecule has 2 N–H and O–H groups in total. The maximum Gasteiger partial charge on any atom is 0.254 e. The Kier molecular flexibility index (Phi) is 5.07. The Balaban J connectivity index is 1.60. The molecule has 4 rings (SSSR count). The fourth-order valence-corrected chi connectivity index (χ4v) is 3.07. The molecule has 4 aromatic rings. The highest BCUT2D eigenvalue weighted by molar-refractivity contribution is 5.97. The highest BCUT2D eigenvalue weighted by Gasteiger charge is 2.19. The topological polar surface area (TPSA) is 104 Å². The third-order valence-electron chi connectivity index (χ3n) is 4.59. The van der Waals surface area contributed by atoms with Gasteiger partial charge in [-0.2, -0.15) is 15.4 Å². The van der Waals surface area contributed by atoms with E-state index in [-0.39, 0.29) is 11.8 Å². The lowest BCUT2D eigenvalue weighted by Gasteiger charge is -2.22. The first-order valence-corrected chi connectivity index (χ1v) is 9.07. The number of fused-ring (bicyclic) bond motifs is 1. The summed E-state index contributed by atoms with van der Waals surface area (Å²) in [6.07, 6.45) is 1.58. The first-order chi connectivity index (χ1) is 14.1. The Morgan fingerprint density at radius 2 is 1.76 bits per heavy atom. The number of nitrogens with one attached hydrogen (secondary N) is 2. The van der Waals surface area contributed by atoms with Crippen LogP contribution in [0.2, 0.25) is 0 Å². The van der Waals surface area contributed by atoms with Gasteiger partial charge in [0.05, 0.1) is 12.8 Å². The third-order valence-corrected chi connectivity index (χ3v) is 4.59. The van der Waals surface area contributed by atoms with Gasteiger partial charge in [0.1, 0.15) is 16.8 Å². The molecule has 2 aromatic heterocycles. The minimum atomic E-state index is -0.152. The monoisotopic (exact) mass is 389 g/mol. The van der Waals surface area contributed by atoms with Crippen molar-refractivity contribution in [2.45, 2.75) is 13.1 Å². The second-order valence-electron chi connectivity index (χ2n) is 6.54. The van der Waals surface area contributed by atoms with Crippen molar-refractivity contribution in [2.75, 3.05) is 7.05 Å². The smallest absolute Gasteiger partial charge is 0.254 e. The molecule has 8 nitrogen and oxygen atoms in total. The van der Waals surface area contributed by atoms with Crippen LogP contribution in [0.3, 0.4) is 0 Å². The van der Waals surface area contributed by atoms with E-state index in [9.17, 15) is 9.59 Å². The van der Waals surface area contributed by atoms with E-state index in [1.807, 2.05) is 18.2 Å². The summed E-state index contributed by atoms with van der Waals surface area (Å²) in [6.45, 7) is 0.685. The van der Waals surface area contributed by atoms with Crippen molar-refractivity contribution in [3.8, 4) is 0 Å². The van der Waals surface area contributed by atoms with Gasteiger partial charge in [-0.15, -0.1) is 0 Å². The van der Waals surface area contributed by atoms with E-state index >= 15 is 0 Å². The molecule has 0 fully saturated rings. The molecule has 146 valence electrons. The summed E-state index contributed by atoms with van der Waals surface area (Å²) < 4.78 is 5.44. The lowest BCUT2D eigenvalue weighted by molar-refractivity contribution is 0.0717. The van der Waals surface area contributed by atoms with Crippen LogP contribution in [0.5, 0.6) is 0 Å². The number of rotatable bonds is 6. The number of hydrogen-bond acceptors (Lipinski definition) is 5. The Labute approximate surface area is 166 Å². The normalized spacial score (nSPS) is 10.8. The number of furan rings is 1. The first kappa shape index (κ1) is 18.4. The highest BCUT2D eigenvalue weighted by atomic mass is 16.3. The van der Waals surface area contributed by atoms with E-state index in [4.69, 9.17) is 4.42 Å². The van der Waals surface area contributed by atoms with Gasteiger partial charge in [-0.3, -0.25) is 9.59 Å². The summed E-state index contributed by atoms with van der Waals surface area (Å²) in [7, 11) is 1.59. The molecule has 29 heavy (non-hydrogen) atoms. The van der Waals surface area contributed by atoms with Crippen LogP contribution in [0.25, 0.3) is 11.0 Å². The summed E-state index contributed by atoms with van der Waals surface area (Å²) in [4.78, 5) is 26.6. The van der Waals surface area contributed by atoms with Crippen LogP contribution in [0, 0.1) is 0 Å². The molecule has 0 saturated carbocycles. The van der Waals surface area contributed by atoms with E-state index in [0.29, 0.717) is 41.0 Å². The van der Waals surface area contributed by atoms with Gasteiger partial charge in [0, 0.05) is 24.7 Å². The molecule has 2 heterocycles. The number of carbonyl (C=O) groups is 2. The van der Waals surface area contributed by atoms with Gasteiger partial charge in [-0.05, 0) is 48.0 Å². The number of aromatic amines is 1. The summed E-state index contributed by atoms with van der Waals surface area (Å²) >= 11 is 0. The molecular formula is C21H19N5O3. The van der Waals surface area contributed by atoms with E-state index in [1.54, 1.807) is 54.6 Å². The number of hydrogen-bond donors (Lipinski definition) is 2. The fourth-order valence-electron chi connectivity index (χ4n) is 3.07. The lowest BCUT2D eigenvalue weighted by atomic mass is 10.1. The third kappa shape index (κ3) is 4.01. The van der Waals surface area contributed by atoms with Crippen molar-refractivity contribution >= 4 is 22.8 Å². The molecule has 8 heteroatoms. The molecule has 0 unspecified atom stereocenters. The number of benzene rings is 2. The standard InChI is InChI=1S/C21H19N5O3/c1-22-20(27)15-6-4-14(5-7-15)12-26(13-17-3-2-10-29-17)21(28)16-8-9-18-19(11-16)24-25-23-18/h2-11H,12-13H2,1H3,(H,22,27)(H,23,24,25). The van der Waals surface area contributed by atoms with Gasteiger partial charge < -0.3 is 14.6 Å². The van der Waals surface area contributed by atoms with E-state index in [0.717, 1.165) is 5.56 Å². The first-order valence-electron chi connectivity index (χ1n) is 9.07. The minimum Gasteiger partial charge on any atom is -0.467 e. The average Bonchev–Trinajstić information content (AvgIpc) is 3.44. The van der Waals surface area contributed by atoms with Gasteiger partial charge in [0.15, 0.2) is 0 Å². The SMILES string of the molecule is CNC(=O)c1ccc(CN(Cc2ccco2)C(=O)c2ccc3n[nH]nc3c2)cc1. The van der Waals surface area contributed by atoms with Crippen molar-refractivity contribution < 1.29 is 14.0 Å². The Morgan fingerprint density at radius 3 is 2.48 bits per heavy atom. The van der Waals surface area contributed by atoms with Crippen LogP contribution >= 0.6 is 0 Å².